The summed E-state index contributed by atoms with van der Waals surface area (Å²) >= 11 is 0. The van der Waals surface area contributed by atoms with Gasteiger partial charge in [0.2, 0.25) is 0 Å². The van der Waals surface area contributed by atoms with Gasteiger partial charge in [-0.05, 0) is 17.2 Å². The number of nitrogens with zero attached hydrogens (tertiary/aromatic N) is 1. The number of phenolic OH excluding ortho intramolecular Hbond substituents is 1. The number of aromatic nitrogens is 1. The van der Waals surface area contributed by atoms with Crippen LogP contribution in [-0.4, -0.2) is 18.2 Å². The first-order valence-electron chi connectivity index (χ1n) is 6.33. The maximum atomic E-state index is 9.92. The fraction of sp³-hybridized carbons (Fsp3) is 0.400. The summed E-state index contributed by atoms with van der Waals surface area (Å²) in [4.78, 5) is 4.72. The summed E-state index contributed by atoms with van der Waals surface area (Å²) in [5, 5.41) is 12.3. The van der Waals surface area contributed by atoms with Gasteiger partial charge in [-0.25, -0.2) is 0 Å². The molecule has 1 N–H and O–H groups in total. The fourth-order valence-corrected chi connectivity index (χ4v) is 3.52. The highest BCUT2D eigenvalue weighted by Crippen LogP contribution is 2.35. The van der Waals surface area contributed by atoms with E-state index >= 15 is 0 Å². The van der Waals surface area contributed by atoms with Gasteiger partial charge in [0, 0.05) is 10.7 Å². The van der Waals surface area contributed by atoms with E-state index in [1.54, 1.807) is 6.07 Å². The van der Waals surface area contributed by atoms with E-state index in [0.29, 0.717) is 0 Å². The van der Waals surface area contributed by atoms with Gasteiger partial charge < -0.3 is 5.11 Å². The van der Waals surface area contributed by atoms with Crippen molar-refractivity contribution < 1.29 is 5.11 Å². The van der Waals surface area contributed by atoms with Crippen LogP contribution in [0, 0.1) is 0 Å². The maximum absolute atomic E-state index is 9.92. The molecule has 0 aliphatic rings. The molecule has 0 radical (unpaired) electrons. The summed E-state index contributed by atoms with van der Waals surface area (Å²) in [5.74, 6) is 0.271. The van der Waals surface area contributed by atoms with Crippen molar-refractivity contribution in [1.82, 2.24) is 4.98 Å². The van der Waals surface area contributed by atoms with Crippen molar-refractivity contribution in [2.24, 2.45) is 0 Å². The largest absolute Gasteiger partial charge is 0.506 e. The molecule has 0 saturated carbocycles. The van der Waals surface area contributed by atoms with Gasteiger partial charge in [0.05, 0.1) is 0 Å². The second-order valence-electron chi connectivity index (χ2n) is 6.42. The molecule has 1 heterocycles. The second kappa shape index (κ2) is 4.09. The van der Waals surface area contributed by atoms with Gasteiger partial charge in [0.15, 0.2) is 0 Å². The highest BCUT2D eigenvalue weighted by molar-refractivity contribution is 6.91. The average molecular weight is 259 g/mol. The summed E-state index contributed by atoms with van der Waals surface area (Å²) in [6.07, 6.45) is 0. The number of phenols is 1. The molecule has 0 saturated heterocycles. The van der Waals surface area contributed by atoms with Crippen LogP contribution < -0.4 is 5.32 Å². The SMILES string of the molecule is CC(C)(C)[Si](C)(C)c1ccc2cccc(O)c2n1. The van der Waals surface area contributed by atoms with E-state index in [0.717, 1.165) is 16.2 Å². The van der Waals surface area contributed by atoms with Gasteiger partial charge in [0.25, 0.3) is 0 Å². The summed E-state index contributed by atoms with van der Waals surface area (Å²) in [7, 11) is -1.64. The molecule has 2 rings (SSSR count). The van der Waals surface area contributed by atoms with Crippen LogP contribution in [0.2, 0.25) is 18.1 Å². The lowest BCUT2D eigenvalue weighted by Gasteiger charge is -2.36. The Morgan fingerprint density at radius 3 is 2.33 bits per heavy atom. The molecule has 0 atom stereocenters. The lowest BCUT2D eigenvalue weighted by molar-refractivity contribution is 0.480. The van der Waals surface area contributed by atoms with Crippen molar-refractivity contribution >= 4 is 24.3 Å². The van der Waals surface area contributed by atoms with Gasteiger partial charge in [-0.15, -0.1) is 0 Å². The van der Waals surface area contributed by atoms with E-state index in [1.165, 1.54) is 0 Å². The first kappa shape index (κ1) is 13.1. The predicted octanol–water partition coefficient (Wildman–Crippen LogP) is 3.66. The van der Waals surface area contributed by atoms with Crippen molar-refractivity contribution in [3.05, 3.63) is 30.3 Å². The van der Waals surface area contributed by atoms with Crippen LogP contribution in [0.15, 0.2) is 30.3 Å². The van der Waals surface area contributed by atoms with Crippen LogP contribution >= 0.6 is 0 Å². The minimum absolute atomic E-state index is 0.248. The highest BCUT2D eigenvalue weighted by atomic mass is 28.3. The van der Waals surface area contributed by atoms with Crippen LogP contribution in [0.4, 0.5) is 0 Å². The average Bonchev–Trinajstić information content (AvgIpc) is 2.27. The number of pyridine rings is 1. The van der Waals surface area contributed by atoms with Crippen LogP contribution in [0.5, 0.6) is 5.75 Å². The molecule has 2 nitrogen and oxygen atoms in total. The number of benzene rings is 1. The van der Waals surface area contributed by atoms with Crippen LogP contribution in [-0.2, 0) is 0 Å². The molecular formula is C15H21NOSi. The molecule has 3 heteroatoms. The number of fused-ring (bicyclic) bond motifs is 1. The standard InChI is InChI=1S/C15H21NOSi/c1-15(2,3)18(4,5)13-10-9-11-7-6-8-12(17)14(11)16-13/h6-10,17H,1-5H3. The predicted molar refractivity (Wildman–Crippen MR) is 80.2 cm³/mol. The Bertz CT molecular complexity index is 585. The quantitative estimate of drug-likeness (QED) is 0.793. The molecule has 0 amide bonds. The Hall–Kier alpha value is -1.35. The van der Waals surface area contributed by atoms with Crippen LogP contribution in [0.3, 0.4) is 0 Å². The molecule has 0 unspecified atom stereocenters. The van der Waals surface area contributed by atoms with Gasteiger partial charge in [-0.3, -0.25) is 4.98 Å². The fourth-order valence-electron chi connectivity index (χ4n) is 1.86. The first-order valence-corrected chi connectivity index (χ1v) is 9.33. The van der Waals surface area contributed by atoms with Crippen LogP contribution in [0.25, 0.3) is 10.9 Å². The summed E-state index contributed by atoms with van der Waals surface area (Å²) in [6, 6.07) is 9.73. The second-order valence-corrected chi connectivity index (χ2v) is 11.7. The minimum Gasteiger partial charge on any atom is -0.506 e. The molecule has 0 fully saturated rings. The Labute approximate surface area is 110 Å². The molecule has 1 aromatic heterocycles. The van der Waals surface area contributed by atoms with Gasteiger partial charge in [-0.1, -0.05) is 52.1 Å². The number of hydrogen-bond acceptors (Lipinski definition) is 2. The van der Waals surface area contributed by atoms with E-state index in [9.17, 15) is 5.11 Å². The van der Waals surface area contributed by atoms with Crippen molar-refractivity contribution in [1.29, 1.82) is 0 Å². The van der Waals surface area contributed by atoms with E-state index < -0.39 is 8.07 Å². The normalized spacial score (nSPS) is 12.9. The highest BCUT2D eigenvalue weighted by Gasteiger charge is 2.38. The van der Waals surface area contributed by atoms with Crippen molar-refractivity contribution in [2.45, 2.75) is 38.9 Å². The van der Waals surface area contributed by atoms with E-state index in [4.69, 9.17) is 4.98 Å². The lowest BCUT2D eigenvalue weighted by atomic mass is 10.2. The summed E-state index contributed by atoms with van der Waals surface area (Å²) in [6.45, 7) is 11.5. The molecule has 18 heavy (non-hydrogen) atoms. The summed E-state index contributed by atoms with van der Waals surface area (Å²) in [5.41, 5.74) is 0.722. The van der Waals surface area contributed by atoms with Gasteiger partial charge in [0.1, 0.15) is 19.3 Å². The molecular weight excluding hydrogens is 238 g/mol. The van der Waals surface area contributed by atoms with E-state index in [2.05, 4.69) is 46.0 Å². The van der Waals surface area contributed by atoms with Crippen molar-refractivity contribution in [3.8, 4) is 5.75 Å². The zero-order valence-electron chi connectivity index (χ0n) is 11.8. The third-order valence-electron chi connectivity index (χ3n) is 4.21. The van der Waals surface area contributed by atoms with Crippen molar-refractivity contribution in [2.75, 3.05) is 0 Å². The Morgan fingerprint density at radius 2 is 1.72 bits per heavy atom. The Morgan fingerprint density at radius 1 is 1.06 bits per heavy atom. The Kier molecular flexibility index (Phi) is 2.97. The van der Waals surface area contributed by atoms with E-state index in [1.807, 2.05) is 12.1 Å². The topological polar surface area (TPSA) is 33.1 Å². The first-order chi connectivity index (χ1) is 8.23. The smallest absolute Gasteiger partial charge is 0.141 e. The number of hydrogen-bond donors (Lipinski definition) is 1. The Balaban J connectivity index is 2.64. The zero-order valence-corrected chi connectivity index (χ0v) is 12.8. The summed E-state index contributed by atoms with van der Waals surface area (Å²) < 4.78 is 0. The monoisotopic (exact) mass is 259 g/mol. The molecule has 2 aromatic rings. The molecule has 1 aromatic carbocycles. The number of para-hydroxylation sites is 1. The zero-order chi connectivity index (χ0) is 13.6. The molecule has 96 valence electrons. The molecule has 0 bridgehead atoms. The molecule has 0 aliphatic heterocycles. The maximum Gasteiger partial charge on any atom is 0.141 e. The van der Waals surface area contributed by atoms with Gasteiger partial charge >= 0.3 is 0 Å². The molecule has 0 spiro atoms. The molecule has 0 aliphatic carbocycles. The minimum atomic E-state index is -1.64. The van der Waals surface area contributed by atoms with Gasteiger partial charge in [-0.2, -0.15) is 0 Å². The lowest BCUT2D eigenvalue weighted by Crippen LogP contribution is -2.50. The van der Waals surface area contributed by atoms with Crippen LogP contribution in [0.1, 0.15) is 20.8 Å². The third-order valence-corrected chi connectivity index (χ3v) is 9.52. The number of aromatic hydroxyl groups is 1. The van der Waals surface area contributed by atoms with Crippen molar-refractivity contribution in [3.63, 3.8) is 0 Å². The van der Waals surface area contributed by atoms with E-state index in [-0.39, 0.29) is 10.8 Å². The number of rotatable bonds is 1. The third kappa shape index (κ3) is 2.03.